The Balaban J connectivity index is 1.65. The van der Waals surface area contributed by atoms with E-state index in [4.69, 9.17) is 9.26 Å². The number of nitrogens with zero attached hydrogens (tertiary/aromatic N) is 6. The molecule has 0 bridgehead atoms. The zero-order chi connectivity index (χ0) is 16.4. The monoisotopic (exact) mass is 318 g/mol. The van der Waals surface area contributed by atoms with Gasteiger partial charge in [0.15, 0.2) is 5.82 Å². The molecule has 0 spiro atoms. The Bertz CT molecular complexity index is 666. The number of piperazine rings is 1. The Kier molecular flexibility index (Phi) is 4.42. The zero-order valence-electron chi connectivity index (χ0n) is 14.0. The van der Waals surface area contributed by atoms with Crippen LogP contribution in [0.1, 0.15) is 30.4 Å². The average Bonchev–Trinajstić information content (AvgIpc) is 3.00. The highest BCUT2D eigenvalue weighted by molar-refractivity contribution is 5.35. The van der Waals surface area contributed by atoms with Crippen LogP contribution in [0.15, 0.2) is 10.6 Å². The van der Waals surface area contributed by atoms with Crippen molar-refractivity contribution in [2.75, 3.05) is 38.2 Å². The van der Waals surface area contributed by atoms with Gasteiger partial charge in [0.2, 0.25) is 17.7 Å². The highest BCUT2D eigenvalue weighted by Crippen LogP contribution is 2.22. The molecule has 3 heterocycles. The third-order valence-corrected chi connectivity index (χ3v) is 4.07. The molecule has 124 valence electrons. The number of aromatic nitrogens is 4. The number of rotatable bonds is 4. The highest BCUT2D eigenvalue weighted by atomic mass is 16.5. The minimum atomic E-state index is 0.117. The molecule has 0 aromatic carbocycles. The van der Waals surface area contributed by atoms with E-state index >= 15 is 0 Å². The van der Waals surface area contributed by atoms with Gasteiger partial charge in [-0.3, -0.25) is 4.90 Å². The van der Waals surface area contributed by atoms with E-state index in [1.54, 1.807) is 7.11 Å². The standard InChI is InChI=1S/C15H22N6O2/c1-10-9-13(22-4)18-15(16-10)21-7-5-20(6-8-21)11(2)14-17-12(3)19-23-14/h9,11H,5-8H2,1-4H3/t11-/m1/s1. The summed E-state index contributed by atoms with van der Waals surface area (Å²) >= 11 is 0. The van der Waals surface area contributed by atoms with Crippen LogP contribution in [-0.2, 0) is 0 Å². The largest absolute Gasteiger partial charge is 0.481 e. The summed E-state index contributed by atoms with van der Waals surface area (Å²) in [5.74, 6) is 2.67. The maximum atomic E-state index is 5.28. The molecular weight excluding hydrogens is 296 g/mol. The molecule has 1 saturated heterocycles. The molecule has 1 atom stereocenters. The number of aryl methyl sites for hydroxylation is 2. The molecule has 0 saturated carbocycles. The van der Waals surface area contributed by atoms with Crippen molar-refractivity contribution < 1.29 is 9.26 Å². The van der Waals surface area contributed by atoms with Crippen LogP contribution in [0.4, 0.5) is 5.95 Å². The van der Waals surface area contributed by atoms with Crippen LogP contribution >= 0.6 is 0 Å². The van der Waals surface area contributed by atoms with Gasteiger partial charge in [-0.25, -0.2) is 4.98 Å². The molecule has 0 unspecified atom stereocenters. The number of ether oxygens (including phenoxy) is 1. The quantitative estimate of drug-likeness (QED) is 0.836. The number of anilines is 1. The molecule has 23 heavy (non-hydrogen) atoms. The van der Waals surface area contributed by atoms with Gasteiger partial charge in [-0.15, -0.1) is 0 Å². The van der Waals surface area contributed by atoms with Crippen LogP contribution < -0.4 is 9.64 Å². The Labute approximate surface area is 135 Å². The summed E-state index contributed by atoms with van der Waals surface area (Å²) in [4.78, 5) is 17.8. The van der Waals surface area contributed by atoms with Gasteiger partial charge in [-0.2, -0.15) is 9.97 Å². The van der Waals surface area contributed by atoms with Crippen LogP contribution in [0, 0.1) is 13.8 Å². The molecule has 0 N–H and O–H groups in total. The molecule has 1 aliphatic heterocycles. The molecule has 2 aromatic rings. The van der Waals surface area contributed by atoms with E-state index in [1.165, 1.54) is 0 Å². The lowest BCUT2D eigenvalue weighted by Crippen LogP contribution is -2.47. The van der Waals surface area contributed by atoms with Gasteiger partial charge in [0.1, 0.15) is 0 Å². The summed E-state index contributed by atoms with van der Waals surface area (Å²) in [7, 11) is 1.62. The molecule has 0 amide bonds. The van der Waals surface area contributed by atoms with Crippen molar-refractivity contribution in [1.82, 2.24) is 25.0 Å². The predicted molar refractivity (Wildman–Crippen MR) is 84.6 cm³/mol. The highest BCUT2D eigenvalue weighted by Gasteiger charge is 2.26. The molecule has 8 heteroatoms. The first-order valence-corrected chi connectivity index (χ1v) is 7.75. The lowest BCUT2D eigenvalue weighted by atomic mass is 10.2. The van der Waals surface area contributed by atoms with Crippen molar-refractivity contribution in [3.05, 3.63) is 23.5 Å². The van der Waals surface area contributed by atoms with Gasteiger partial charge in [-0.1, -0.05) is 5.16 Å². The first kappa shape index (κ1) is 15.7. The maximum Gasteiger partial charge on any atom is 0.243 e. The lowest BCUT2D eigenvalue weighted by molar-refractivity contribution is 0.163. The van der Waals surface area contributed by atoms with Crippen molar-refractivity contribution in [3.63, 3.8) is 0 Å². The second-order valence-electron chi connectivity index (χ2n) is 5.73. The van der Waals surface area contributed by atoms with Crippen molar-refractivity contribution in [1.29, 1.82) is 0 Å². The molecule has 0 aliphatic carbocycles. The minimum Gasteiger partial charge on any atom is -0.481 e. The molecular formula is C15H22N6O2. The Hall–Kier alpha value is -2.22. The van der Waals surface area contributed by atoms with Gasteiger partial charge in [0, 0.05) is 37.9 Å². The van der Waals surface area contributed by atoms with Gasteiger partial charge < -0.3 is 14.2 Å². The van der Waals surface area contributed by atoms with E-state index in [-0.39, 0.29) is 6.04 Å². The lowest BCUT2D eigenvalue weighted by Gasteiger charge is -2.36. The SMILES string of the molecule is COc1cc(C)nc(N2CCN([C@H](C)c3nc(C)no3)CC2)n1. The number of methoxy groups -OCH3 is 1. The first-order valence-electron chi connectivity index (χ1n) is 7.75. The molecule has 3 rings (SSSR count). The summed E-state index contributed by atoms with van der Waals surface area (Å²) < 4.78 is 10.5. The molecule has 2 aromatic heterocycles. The van der Waals surface area contributed by atoms with Crippen LogP contribution in [-0.4, -0.2) is 58.3 Å². The molecule has 1 aliphatic rings. The fraction of sp³-hybridized carbons (Fsp3) is 0.600. The molecule has 1 fully saturated rings. The van der Waals surface area contributed by atoms with E-state index < -0.39 is 0 Å². The predicted octanol–water partition coefficient (Wildman–Crippen LogP) is 1.37. The normalized spacial score (nSPS) is 17.3. The first-order chi connectivity index (χ1) is 11.1. The van der Waals surface area contributed by atoms with E-state index in [2.05, 4.69) is 36.8 Å². The molecule has 0 radical (unpaired) electrons. The van der Waals surface area contributed by atoms with E-state index in [1.807, 2.05) is 19.9 Å². The fourth-order valence-corrected chi connectivity index (χ4v) is 2.72. The van der Waals surface area contributed by atoms with Gasteiger partial charge in [-0.05, 0) is 20.8 Å². The van der Waals surface area contributed by atoms with E-state index in [9.17, 15) is 0 Å². The third kappa shape index (κ3) is 3.42. The Morgan fingerprint density at radius 3 is 2.48 bits per heavy atom. The number of hydrogen-bond acceptors (Lipinski definition) is 8. The zero-order valence-corrected chi connectivity index (χ0v) is 14.0. The average molecular weight is 318 g/mol. The summed E-state index contributed by atoms with van der Waals surface area (Å²) in [5, 5.41) is 3.87. The second kappa shape index (κ2) is 6.49. The van der Waals surface area contributed by atoms with Crippen molar-refractivity contribution >= 4 is 5.95 Å². The van der Waals surface area contributed by atoms with Crippen molar-refractivity contribution in [2.45, 2.75) is 26.8 Å². The summed E-state index contributed by atoms with van der Waals surface area (Å²) in [5.41, 5.74) is 0.906. The van der Waals surface area contributed by atoms with E-state index in [0.29, 0.717) is 17.6 Å². The van der Waals surface area contributed by atoms with Crippen LogP contribution in [0.3, 0.4) is 0 Å². The van der Waals surface area contributed by atoms with Crippen molar-refractivity contribution in [2.24, 2.45) is 0 Å². The summed E-state index contributed by atoms with van der Waals surface area (Å²) in [6, 6.07) is 1.95. The topological polar surface area (TPSA) is 80.4 Å². The second-order valence-corrected chi connectivity index (χ2v) is 5.73. The summed E-state index contributed by atoms with van der Waals surface area (Å²) in [6.45, 7) is 9.36. The molecule has 8 nitrogen and oxygen atoms in total. The van der Waals surface area contributed by atoms with Crippen molar-refractivity contribution in [3.8, 4) is 5.88 Å². The van der Waals surface area contributed by atoms with Crippen LogP contribution in [0.5, 0.6) is 5.88 Å². The Morgan fingerprint density at radius 1 is 1.13 bits per heavy atom. The van der Waals surface area contributed by atoms with Gasteiger partial charge in [0.25, 0.3) is 0 Å². The maximum absolute atomic E-state index is 5.28. The number of hydrogen-bond donors (Lipinski definition) is 0. The van der Waals surface area contributed by atoms with Gasteiger partial charge >= 0.3 is 0 Å². The smallest absolute Gasteiger partial charge is 0.243 e. The van der Waals surface area contributed by atoms with Crippen LogP contribution in [0.25, 0.3) is 0 Å². The third-order valence-electron chi connectivity index (χ3n) is 4.07. The van der Waals surface area contributed by atoms with Crippen LogP contribution in [0.2, 0.25) is 0 Å². The van der Waals surface area contributed by atoms with Gasteiger partial charge in [0.05, 0.1) is 13.2 Å². The Morgan fingerprint density at radius 2 is 1.87 bits per heavy atom. The van der Waals surface area contributed by atoms with E-state index in [0.717, 1.165) is 37.8 Å². The summed E-state index contributed by atoms with van der Waals surface area (Å²) in [6.07, 6.45) is 0. The fourth-order valence-electron chi connectivity index (χ4n) is 2.72. The minimum absolute atomic E-state index is 0.117.